The largest absolute Gasteiger partial charge is 0.317 e. The summed E-state index contributed by atoms with van der Waals surface area (Å²) in [6, 6.07) is 4.90. The molecule has 1 aromatic heterocycles. The number of nitrogens with one attached hydrogen (secondary N) is 1. The molecule has 0 fully saturated rings. The molecule has 0 saturated heterocycles. The van der Waals surface area contributed by atoms with Crippen LogP contribution in [0, 0.1) is 6.92 Å². The van der Waals surface area contributed by atoms with E-state index in [2.05, 4.69) is 30.8 Å². The van der Waals surface area contributed by atoms with Crippen LogP contribution in [0.1, 0.15) is 18.3 Å². The van der Waals surface area contributed by atoms with Gasteiger partial charge in [-0.15, -0.1) is 10.2 Å². The Kier molecular flexibility index (Phi) is 4.56. The standard InChI is InChI=1S/C12H15BrN4O2S/c1-3-17-8-14-16-12(17)7-15-20(18,19)10-4-5-11(13)9(2)6-10/h4-6,8,15H,3,7H2,1-2H3. The molecule has 2 rings (SSSR count). The minimum Gasteiger partial charge on any atom is -0.317 e. The topological polar surface area (TPSA) is 76.9 Å². The van der Waals surface area contributed by atoms with Crippen molar-refractivity contribution in [3.05, 3.63) is 40.4 Å². The number of sulfonamides is 1. The van der Waals surface area contributed by atoms with E-state index >= 15 is 0 Å². The van der Waals surface area contributed by atoms with Crippen molar-refractivity contribution in [3.8, 4) is 0 Å². The predicted molar refractivity (Wildman–Crippen MR) is 78.6 cm³/mol. The molecule has 8 heteroatoms. The van der Waals surface area contributed by atoms with Gasteiger partial charge in [0.2, 0.25) is 10.0 Å². The van der Waals surface area contributed by atoms with Gasteiger partial charge in [0.15, 0.2) is 0 Å². The summed E-state index contributed by atoms with van der Waals surface area (Å²) in [5.41, 5.74) is 0.865. The summed E-state index contributed by atoms with van der Waals surface area (Å²) in [6.45, 7) is 4.60. The first kappa shape index (κ1) is 15.1. The SMILES string of the molecule is CCn1cnnc1CNS(=O)(=O)c1ccc(Br)c(C)c1. The smallest absolute Gasteiger partial charge is 0.240 e. The molecule has 108 valence electrons. The number of aromatic nitrogens is 3. The fourth-order valence-electron chi connectivity index (χ4n) is 1.71. The fraction of sp³-hybridized carbons (Fsp3) is 0.333. The lowest BCUT2D eigenvalue weighted by molar-refractivity contribution is 0.575. The highest BCUT2D eigenvalue weighted by atomic mass is 79.9. The molecule has 0 unspecified atom stereocenters. The third-order valence-electron chi connectivity index (χ3n) is 2.90. The Morgan fingerprint density at radius 2 is 2.15 bits per heavy atom. The zero-order chi connectivity index (χ0) is 14.8. The van der Waals surface area contributed by atoms with Gasteiger partial charge in [0, 0.05) is 11.0 Å². The van der Waals surface area contributed by atoms with Crippen molar-refractivity contribution in [1.29, 1.82) is 0 Å². The van der Waals surface area contributed by atoms with Gasteiger partial charge in [0.25, 0.3) is 0 Å². The van der Waals surface area contributed by atoms with E-state index in [1.54, 1.807) is 29.1 Å². The summed E-state index contributed by atoms with van der Waals surface area (Å²) in [6.07, 6.45) is 1.58. The number of nitrogens with zero attached hydrogens (tertiary/aromatic N) is 3. The quantitative estimate of drug-likeness (QED) is 0.884. The van der Waals surface area contributed by atoms with E-state index < -0.39 is 10.0 Å². The summed E-state index contributed by atoms with van der Waals surface area (Å²) < 4.78 is 29.6. The van der Waals surface area contributed by atoms with E-state index in [9.17, 15) is 8.42 Å². The molecule has 2 aromatic rings. The van der Waals surface area contributed by atoms with Crippen LogP contribution in [-0.2, 0) is 23.1 Å². The van der Waals surface area contributed by atoms with Crippen molar-refractivity contribution in [2.75, 3.05) is 0 Å². The van der Waals surface area contributed by atoms with Crippen LogP contribution in [-0.4, -0.2) is 23.2 Å². The van der Waals surface area contributed by atoms with Gasteiger partial charge in [-0.25, -0.2) is 13.1 Å². The van der Waals surface area contributed by atoms with Crippen molar-refractivity contribution in [2.24, 2.45) is 0 Å². The molecule has 1 aromatic carbocycles. The lowest BCUT2D eigenvalue weighted by Gasteiger charge is -2.08. The molecule has 0 spiro atoms. The van der Waals surface area contributed by atoms with Crippen LogP contribution in [0.5, 0.6) is 0 Å². The number of benzene rings is 1. The first-order chi connectivity index (χ1) is 9.44. The van der Waals surface area contributed by atoms with Crippen molar-refractivity contribution in [3.63, 3.8) is 0 Å². The van der Waals surface area contributed by atoms with Crippen LogP contribution in [0.15, 0.2) is 33.9 Å². The summed E-state index contributed by atoms with van der Waals surface area (Å²) >= 11 is 3.35. The summed E-state index contributed by atoms with van der Waals surface area (Å²) in [5.74, 6) is 0.588. The minimum atomic E-state index is -3.55. The maximum Gasteiger partial charge on any atom is 0.240 e. The minimum absolute atomic E-state index is 0.116. The molecule has 1 N–H and O–H groups in total. The van der Waals surface area contributed by atoms with Crippen LogP contribution < -0.4 is 4.72 Å². The van der Waals surface area contributed by atoms with Gasteiger partial charge in [0.05, 0.1) is 11.4 Å². The van der Waals surface area contributed by atoms with Gasteiger partial charge in [0.1, 0.15) is 12.2 Å². The molecule has 6 nitrogen and oxygen atoms in total. The molecule has 0 radical (unpaired) electrons. The second-order valence-electron chi connectivity index (χ2n) is 4.27. The van der Waals surface area contributed by atoms with Crippen LogP contribution in [0.2, 0.25) is 0 Å². The van der Waals surface area contributed by atoms with Crippen molar-refractivity contribution >= 4 is 26.0 Å². The number of hydrogen-bond acceptors (Lipinski definition) is 4. The Labute approximate surface area is 126 Å². The molecular formula is C12H15BrN4O2S. The Hall–Kier alpha value is -1.25. The number of aryl methyl sites for hydroxylation is 2. The molecule has 0 amide bonds. The molecule has 0 atom stereocenters. The van der Waals surface area contributed by atoms with E-state index in [0.717, 1.165) is 10.0 Å². The van der Waals surface area contributed by atoms with E-state index in [1.165, 1.54) is 0 Å². The van der Waals surface area contributed by atoms with E-state index in [-0.39, 0.29) is 11.4 Å². The first-order valence-electron chi connectivity index (χ1n) is 6.06. The zero-order valence-corrected chi connectivity index (χ0v) is 13.6. The van der Waals surface area contributed by atoms with Gasteiger partial charge in [-0.3, -0.25) is 0 Å². The molecule has 0 aliphatic heterocycles. The average molecular weight is 359 g/mol. The fourth-order valence-corrected chi connectivity index (χ4v) is 3.02. The van der Waals surface area contributed by atoms with Gasteiger partial charge in [-0.1, -0.05) is 15.9 Å². The third kappa shape index (κ3) is 3.25. The van der Waals surface area contributed by atoms with Crippen molar-refractivity contribution in [1.82, 2.24) is 19.5 Å². The van der Waals surface area contributed by atoms with Crippen LogP contribution in [0.3, 0.4) is 0 Å². The zero-order valence-electron chi connectivity index (χ0n) is 11.2. The molecule has 0 aliphatic carbocycles. The average Bonchev–Trinajstić information content (AvgIpc) is 2.87. The third-order valence-corrected chi connectivity index (χ3v) is 5.19. The highest BCUT2D eigenvalue weighted by Gasteiger charge is 2.16. The molecule has 1 heterocycles. The Bertz CT molecular complexity index is 712. The predicted octanol–water partition coefficient (Wildman–Crippen LogP) is 1.85. The Balaban J connectivity index is 2.17. The van der Waals surface area contributed by atoms with Gasteiger partial charge in [-0.2, -0.15) is 0 Å². The van der Waals surface area contributed by atoms with Gasteiger partial charge >= 0.3 is 0 Å². The monoisotopic (exact) mass is 358 g/mol. The highest BCUT2D eigenvalue weighted by molar-refractivity contribution is 9.10. The Morgan fingerprint density at radius 3 is 2.80 bits per heavy atom. The van der Waals surface area contributed by atoms with E-state index in [4.69, 9.17) is 0 Å². The number of halogens is 1. The van der Waals surface area contributed by atoms with Gasteiger partial charge in [-0.05, 0) is 37.6 Å². The molecule has 20 heavy (non-hydrogen) atoms. The maximum absolute atomic E-state index is 12.2. The van der Waals surface area contributed by atoms with Crippen LogP contribution in [0.4, 0.5) is 0 Å². The van der Waals surface area contributed by atoms with Crippen LogP contribution >= 0.6 is 15.9 Å². The summed E-state index contributed by atoms with van der Waals surface area (Å²) in [4.78, 5) is 0.237. The van der Waals surface area contributed by atoms with E-state index in [0.29, 0.717) is 12.4 Å². The molecule has 0 bridgehead atoms. The molecular weight excluding hydrogens is 344 g/mol. The second-order valence-corrected chi connectivity index (χ2v) is 6.89. The second kappa shape index (κ2) is 6.02. The van der Waals surface area contributed by atoms with Crippen molar-refractivity contribution in [2.45, 2.75) is 31.8 Å². The van der Waals surface area contributed by atoms with Gasteiger partial charge < -0.3 is 4.57 Å². The Morgan fingerprint density at radius 1 is 1.40 bits per heavy atom. The maximum atomic E-state index is 12.2. The normalized spacial score (nSPS) is 11.8. The highest BCUT2D eigenvalue weighted by Crippen LogP contribution is 2.20. The summed E-state index contributed by atoms with van der Waals surface area (Å²) in [5, 5.41) is 7.66. The van der Waals surface area contributed by atoms with E-state index in [1.807, 2.05) is 13.8 Å². The van der Waals surface area contributed by atoms with Crippen molar-refractivity contribution < 1.29 is 8.42 Å². The molecule has 0 saturated carbocycles. The lowest BCUT2D eigenvalue weighted by atomic mass is 10.2. The summed E-state index contributed by atoms with van der Waals surface area (Å²) in [7, 11) is -3.55. The number of rotatable bonds is 5. The first-order valence-corrected chi connectivity index (χ1v) is 8.34. The number of hydrogen-bond donors (Lipinski definition) is 1. The van der Waals surface area contributed by atoms with Crippen LogP contribution in [0.25, 0.3) is 0 Å². The lowest BCUT2D eigenvalue weighted by Crippen LogP contribution is -2.25. The molecule has 0 aliphatic rings.